The van der Waals surface area contributed by atoms with Gasteiger partial charge in [0.05, 0.1) is 23.6 Å². The molecule has 1 aliphatic heterocycles. The number of hydrogen-bond donors (Lipinski definition) is 2. The van der Waals surface area contributed by atoms with E-state index in [0.717, 1.165) is 17.6 Å². The van der Waals surface area contributed by atoms with Gasteiger partial charge < -0.3 is 14.6 Å². The van der Waals surface area contributed by atoms with Gasteiger partial charge in [-0.2, -0.15) is 0 Å². The monoisotopic (exact) mass is 586 g/mol. The summed E-state index contributed by atoms with van der Waals surface area (Å²) < 4.78 is 47.1. The van der Waals surface area contributed by atoms with Crippen LogP contribution < -0.4 is 14.9 Å². The van der Waals surface area contributed by atoms with E-state index in [1.165, 1.54) is 6.07 Å². The van der Waals surface area contributed by atoms with E-state index in [2.05, 4.69) is 31.0 Å². The molecule has 36 heavy (non-hydrogen) atoms. The van der Waals surface area contributed by atoms with Gasteiger partial charge in [-0.25, -0.2) is 12.8 Å². The fourth-order valence-corrected chi connectivity index (χ4v) is 5.42. The Morgan fingerprint density at radius 1 is 1.11 bits per heavy atom. The van der Waals surface area contributed by atoms with Crippen LogP contribution in [0.2, 0.25) is 0 Å². The highest BCUT2D eigenvalue weighted by molar-refractivity contribution is 9.10. The van der Waals surface area contributed by atoms with E-state index in [1.807, 2.05) is 23.1 Å². The third-order valence-corrected chi connectivity index (χ3v) is 7.08. The van der Waals surface area contributed by atoms with Crippen molar-refractivity contribution in [2.45, 2.75) is 12.1 Å². The number of hydrogen-bond acceptors (Lipinski definition) is 5. The lowest BCUT2D eigenvalue weighted by atomic mass is 10.0. The molecule has 4 aromatic rings. The molecule has 1 saturated heterocycles. The van der Waals surface area contributed by atoms with Gasteiger partial charge in [0.25, 0.3) is 0 Å². The average Bonchev–Trinajstić information content (AvgIpc) is 3.44. The standard InChI is InChI=1S/C25H20BrFN4O3S2/c1-36(32,33)30-16-6-8-17(9-7-16)31-24(23(29-25(31)35)20-4-2-3-13-28-20)22-12-11-21(34-22)18-10-5-15(26)14-19(18)27/h2-14,23-24,30H,1H3,(H,29,35)/t23-,24-/m0/s1. The molecule has 0 bridgehead atoms. The van der Waals surface area contributed by atoms with Crippen LogP contribution in [0.25, 0.3) is 11.3 Å². The smallest absolute Gasteiger partial charge is 0.229 e. The summed E-state index contributed by atoms with van der Waals surface area (Å²) in [6.07, 6.45) is 2.80. The maximum atomic E-state index is 14.6. The Morgan fingerprint density at radius 3 is 2.56 bits per heavy atom. The number of rotatable bonds is 6. The third-order valence-electron chi connectivity index (χ3n) is 5.66. The second kappa shape index (κ2) is 9.64. The van der Waals surface area contributed by atoms with Crippen LogP contribution in [0, 0.1) is 5.82 Å². The summed E-state index contributed by atoms with van der Waals surface area (Å²) in [7, 11) is -3.41. The summed E-state index contributed by atoms with van der Waals surface area (Å²) in [5.41, 5.74) is 2.26. The third kappa shape index (κ3) is 4.99. The number of benzene rings is 2. The molecule has 0 amide bonds. The minimum atomic E-state index is -3.41. The van der Waals surface area contributed by atoms with Gasteiger partial charge in [0, 0.05) is 22.0 Å². The second-order valence-electron chi connectivity index (χ2n) is 8.24. The van der Waals surface area contributed by atoms with Crippen molar-refractivity contribution in [3.05, 3.63) is 101 Å². The summed E-state index contributed by atoms with van der Waals surface area (Å²) in [4.78, 5) is 6.40. The van der Waals surface area contributed by atoms with E-state index in [4.69, 9.17) is 16.6 Å². The fourth-order valence-electron chi connectivity index (χ4n) is 4.17. The first-order valence-corrected chi connectivity index (χ1v) is 13.9. The first kappa shape index (κ1) is 24.4. The predicted molar refractivity (Wildman–Crippen MR) is 145 cm³/mol. The molecule has 11 heteroatoms. The molecule has 1 aliphatic rings. The highest BCUT2D eigenvalue weighted by Crippen LogP contribution is 2.43. The lowest BCUT2D eigenvalue weighted by Gasteiger charge is -2.26. The molecule has 0 unspecified atom stereocenters. The molecular formula is C25H20BrFN4O3S2. The van der Waals surface area contributed by atoms with Crippen LogP contribution >= 0.6 is 28.1 Å². The van der Waals surface area contributed by atoms with Crippen molar-refractivity contribution < 1.29 is 17.2 Å². The topological polar surface area (TPSA) is 87.5 Å². The summed E-state index contributed by atoms with van der Waals surface area (Å²) in [5.74, 6) is 0.548. The summed E-state index contributed by atoms with van der Waals surface area (Å²) in [6.45, 7) is 0. The predicted octanol–water partition coefficient (Wildman–Crippen LogP) is 5.79. The van der Waals surface area contributed by atoms with Crippen LogP contribution in [0.3, 0.4) is 0 Å². The van der Waals surface area contributed by atoms with Crippen LogP contribution in [-0.2, 0) is 10.0 Å². The number of furan rings is 1. The minimum Gasteiger partial charge on any atom is -0.459 e. The SMILES string of the molecule is CS(=O)(=O)Nc1ccc(N2C(=S)N[C@@H](c3ccccn3)[C@@H]2c2ccc(-c3ccc(Br)cc3F)o2)cc1. The zero-order valence-electron chi connectivity index (χ0n) is 18.9. The van der Waals surface area contributed by atoms with E-state index in [1.54, 1.807) is 54.7 Å². The van der Waals surface area contributed by atoms with Gasteiger partial charge in [0.2, 0.25) is 10.0 Å². The number of nitrogens with zero attached hydrogens (tertiary/aromatic N) is 2. The molecule has 184 valence electrons. The number of aromatic nitrogens is 1. The Bertz CT molecular complexity index is 1530. The Morgan fingerprint density at radius 2 is 1.89 bits per heavy atom. The zero-order chi connectivity index (χ0) is 25.4. The Labute approximate surface area is 221 Å². The summed E-state index contributed by atoms with van der Waals surface area (Å²) in [5, 5.41) is 3.78. The molecule has 0 saturated carbocycles. The molecule has 5 rings (SSSR count). The number of anilines is 2. The van der Waals surface area contributed by atoms with Crippen molar-refractivity contribution in [1.29, 1.82) is 0 Å². The molecule has 2 atom stereocenters. The van der Waals surface area contributed by atoms with Gasteiger partial charge >= 0.3 is 0 Å². The number of nitrogens with one attached hydrogen (secondary N) is 2. The van der Waals surface area contributed by atoms with Gasteiger partial charge in [-0.05, 0) is 78.9 Å². The van der Waals surface area contributed by atoms with Crippen molar-refractivity contribution >= 4 is 54.7 Å². The maximum absolute atomic E-state index is 14.6. The molecule has 1 fully saturated rings. The minimum absolute atomic E-state index is 0.343. The number of halogens is 2. The van der Waals surface area contributed by atoms with Crippen LogP contribution in [0.5, 0.6) is 0 Å². The first-order chi connectivity index (χ1) is 17.2. The molecule has 2 aromatic heterocycles. The first-order valence-electron chi connectivity index (χ1n) is 10.8. The van der Waals surface area contributed by atoms with Gasteiger partial charge in [0.1, 0.15) is 23.4 Å². The van der Waals surface area contributed by atoms with E-state index in [-0.39, 0.29) is 6.04 Å². The van der Waals surface area contributed by atoms with E-state index in [9.17, 15) is 12.8 Å². The lowest BCUT2D eigenvalue weighted by molar-refractivity contribution is 0.438. The maximum Gasteiger partial charge on any atom is 0.229 e. The highest BCUT2D eigenvalue weighted by Gasteiger charge is 2.42. The lowest BCUT2D eigenvalue weighted by Crippen LogP contribution is -2.29. The number of sulfonamides is 1. The van der Waals surface area contributed by atoms with Crippen LogP contribution in [-0.4, -0.2) is 24.8 Å². The highest BCUT2D eigenvalue weighted by atomic mass is 79.9. The van der Waals surface area contributed by atoms with E-state index in [0.29, 0.717) is 32.4 Å². The van der Waals surface area contributed by atoms with E-state index >= 15 is 0 Å². The largest absolute Gasteiger partial charge is 0.459 e. The molecule has 0 spiro atoms. The van der Waals surface area contributed by atoms with Crippen LogP contribution in [0.1, 0.15) is 23.5 Å². The fraction of sp³-hybridized carbons (Fsp3) is 0.120. The molecule has 7 nitrogen and oxygen atoms in total. The van der Waals surface area contributed by atoms with Gasteiger partial charge in [0.15, 0.2) is 5.11 Å². The van der Waals surface area contributed by atoms with Crippen molar-refractivity contribution in [3.8, 4) is 11.3 Å². The van der Waals surface area contributed by atoms with Gasteiger partial charge in [-0.1, -0.05) is 22.0 Å². The Kier molecular flexibility index (Phi) is 6.54. The molecule has 0 radical (unpaired) electrons. The van der Waals surface area contributed by atoms with Crippen LogP contribution in [0.15, 0.2) is 87.9 Å². The van der Waals surface area contributed by atoms with Crippen molar-refractivity contribution in [1.82, 2.24) is 10.3 Å². The Hall–Kier alpha value is -3.28. The van der Waals surface area contributed by atoms with Gasteiger partial charge in [-0.15, -0.1) is 0 Å². The molecule has 2 aromatic carbocycles. The average molecular weight is 587 g/mol. The van der Waals surface area contributed by atoms with E-state index < -0.39 is 21.9 Å². The molecular weight excluding hydrogens is 567 g/mol. The number of pyridine rings is 1. The zero-order valence-corrected chi connectivity index (χ0v) is 22.1. The summed E-state index contributed by atoms with van der Waals surface area (Å²) in [6, 6.07) is 20.0. The van der Waals surface area contributed by atoms with Crippen molar-refractivity contribution in [2.24, 2.45) is 0 Å². The molecule has 2 N–H and O–H groups in total. The normalized spacial score (nSPS) is 17.8. The van der Waals surface area contributed by atoms with Crippen molar-refractivity contribution in [3.63, 3.8) is 0 Å². The number of thiocarbonyl (C=S) groups is 1. The molecule has 3 heterocycles. The van der Waals surface area contributed by atoms with Crippen LogP contribution in [0.4, 0.5) is 15.8 Å². The molecule has 0 aliphatic carbocycles. The summed E-state index contributed by atoms with van der Waals surface area (Å²) >= 11 is 8.98. The second-order valence-corrected chi connectivity index (χ2v) is 11.3. The van der Waals surface area contributed by atoms with Gasteiger partial charge in [-0.3, -0.25) is 9.71 Å². The quantitative estimate of drug-likeness (QED) is 0.276. The Balaban J connectivity index is 1.56. The van der Waals surface area contributed by atoms with Crippen molar-refractivity contribution in [2.75, 3.05) is 15.9 Å².